The Hall–Kier alpha value is -0.130. The zero-order valence-corrected chi connectivity index (χ0v) is 11.4. The molecule has 0 atom stereocenters. The van der Waals surface area contributed by atoms with E-state index in [9.17, 15) is 0 Å². The van der Waals surface area contributed by atoms with Gasteiger partial charge >= 0.3 is 0 Å². The number of nitrogens with two attached hydrogens (primary N) is 1. The molecule has 1 aliphatic rings. The van der Waals surface area contributed by atoms with Crippen molar-refractivity contribution >= 4 is 22.9 Å². The van der Waals surface area contributed by atoms with Crippen LogP contribution in [0.2, 0.25) is 4.34 Å². The van der Waals surface area contributed by atoms with E-state index in [-0.39, 0.29) is 5.41 Å². The van der Waals surface area contributed by atoms with Gasteiger partial charge in [0, 0.05) is 31.2 Å². The minimum Gasteiger partial charge on any atom is -0.381 e. The summed E-state index contributed by atoms with van der Waals surface area (Å²) in [4.78, 5) is 1.27. The molecule has 3 N–H and O–H groups in total. The van der Waals surface area contributed by atoms with Crippen LogP contribution in [0.4, 0.5) is 0 Å². The van der Waals surface area contributed by atoms with Crippen molar-refractivity contribution in [1.29, 1.82) is 0 Å². The molecular weight excluding hydrogens is 256 g/mol. The van der Waals surface area contributed by atoms with Crippen molar-refractivity contribution in [2.45, 2.75) is 19.4 Å². The van der Waals surface area contributed by atoms with Crippen molar-refractivity contribution in [3.05, 3.63) is 21.3 Å². The molecule has 2 rings (SSSR count). The summed E-state index contributed by atoms with van der Waals surface area (Å²) in [5, 5.41) is 3.49. The molecule has 0 aliphatic carbocycles. The van der Waals surface area contributed by atoms with E-state index in [1.54, 1.807) is 11.3 Å². The molecule has 0 bridgehead atoms. The Morgan fingerprint density at radius 3 is 2.76 bits per heavy atom. The largest absolute Gasteiger partial charge is 0.381 e. The number of thiophene rings is 1. The zero-order valence-electron chi connectivity index (χ0n) is 9.88. The number of nitrogens with one attached hydrogen (secondary N) is 1. The molecule has 1 aromatic heterocycles. The zero-order chi connectivity index (χ0) is 12.1. The average molecular weight is 275 g/mol. The van der Waals surface area contributed by atoms with Crippen LogP contribution in [0.15, 0.2) is 12.1 Å². The fourth-order valence-electron chi connectivity index (χ4n) is 2.16. The summed E-state index contributed by atoms with van der Waals surface area (Å²) in [6, 6.07) is 4.01. The van der Waals surface area contributed by atoms with Gasteiger partial charge in [0.15, 0.2) is 0 Å². The van der Waals surface area contributed by atoms with E-state index in [1.807, 2.05) is 6.07 Å². The molecule has 0 amide bonds. The van der Waals surface area contributed by atoms with Gasteiger partial charge in [0.1, 0.15) is 0 Å². The molecule has 0 unspecified atom stereocenters. The fourth-order valence-corrected chi connectivity index (χ4v) is 3.21. The molecule has 1 fully saturated rings. The number of halogens is 1. The molecule has 1 aliphatic heterocycles. The number of ether oxygens (including phenoxy) is 1. The van der Waals surface area contributed by atoms with Gasteiger partial charge in [-0.2, -0.15) is 0 Å². The Kier molecular flexibility index (Phi) is 4.82. The van der Waals surface area contributed by atoms with E-state index < -0.39 is 0 Å². The number of hydrogen-bond donors (Lipinski definition) is 2. The van der Waals surface area contributed by atoms with Crippen LogP contribution in [0, 0.1) is 5.41 Å². The molecule has 17 heavy (non-hydrogen) atoms. The van der Waals surface area contributed by atoms with E-state index in [0.29, 0.717) is 0 Å². The van der Waals surface area contributed by atoms with Gasteiger partial charge in [-0.05, 0) is 36.9 Å². The lowest BCUT2D eigenvalue weighted by Crippen LogP contribution is -2.44. The highest BCUT2D eigenvalue weighted by Crippen LogP contribution is 2.28. The highest BCUT2D eigenvalue weighted by molar-refractivity contribution is 7.16. The third kappa shape index (κ3) is 3.66. The number of rotatable bonds is 5. The molecule has 3 nitrogen and oxygen atoms in total. The second-order valence-corrected chi connectivity index (χ2v) is 6.43. The molecule has 5 heteroatoms. The van der Waals surface area contributed by atoms with Crippen molar-refractivity contribution in [3.8, 4) is 0 Å². The molecule has 2 heterocycles. The van der Waals surface area contributed by atoms with Crippen LogP contribution in [-0.4, -0.2) is 26.3 Å². The van der Waals surface area contributed by atoms with Crippen molar-refractivity contribution < 1.29 is 4.74 Å². The van der Waals surface area contributed by atoms with Crippen molar-refractivity contribution in [3.63, 3.8) is 0 Å². The molecule has 96 valence electrons. The monoisotopic (exact) mass is 274 g/mol. The lowest BCUT2D eigenvalue weighted by atomic mass is 9.80. The Bertz CT molecular complexity index is 350. The minimum absolute atomic E-state index is 0.222. The van der Waals surface area contributed by atoms with Gasteiger partial charge in [0.2, 0.25) is 0 Å². The first-order valence-corrected chi connectivity index (χ1v) is 7.16. The topological polar surface area (TPSA) is 47.3 Å². The van der Waals surface area contributed by atoms with Crippen molar-refractivity contribution in [2.24, 2.45) is 11.1 Å². The Morgan fingerprint density at radius 1 is 1.41 bits per heavy atom. The van der Waals surface area contributed by atoms with E-state index in [2.05, 4.69) is 11.4 Å². The lowest BCUT2D eigenvalue weighted by molar-refractivity contribution is 0.0191. The van der Waals surface area contributed by atoms with E-state index in [0.717, 1.165) is 50.0 Å². The van der Waals surface area contributed by atoms with Gasteiger partial charge in [0.05, 0.1) is 4.34 Å². The predicted molar refractivity (Wildman–Crippen MR) is 72.6 cm³/mol. The third-order valence-electron chi connectivity index (χ3n) is 3.41. The fraction of sp³-hybridized carbons (Fsp3) is 0.667. The summed E-state index contributed by atoms with van der Waals surface area (Å²) in [6.07, 6.45) is 2.11. The first-order valence-electron chi connectivity index (χ1n) is 5.97. The van der Waals surface area contributed by atoms with Crippen LogP contribution >= 0.6 is 22.9 Å². The molecule has 0 saturated carbocycles. The third-order valence-corrected chi connectivity index (χ3v) is 4.65. The summed E-state index contributed by atoms with van der Waals surface area (Å²) >= 11 is 7.52. The van der Waals surface area contributed by atoms with Crippen LogP contribution < -0.4 is 11.1 Å². The number of hydrogen-bond acceptors (Lipinski definition) is 4. The van der Waals surface area contributed by atoms with Crippen molar-refractivity contribution in [2.75, 3.05) is 26.3 Å². The standard InChI is InChI=1S/C12H19ClN2OS/c13-11-2-1-10(17-11)7-15-9-12(8-14)3-5-16-6-4-12/h1-2,15H,3-9,14H2. The molecule has 1 aromatic rings. The van der Waals surface area contributed by atoms with Crippen LogP contribution in [-0.2, 0) is 11.3 Å². The highest BCUT2D eigenvalue weighted by Gasteiger charge is 2.30. The summed E-state index contributed by atoms with van der Waals surface area (Å²) in [5.74, 6) is 0. The van der Waals surface area contributed by atoms with Gasteiger partial charge < -0.3 is 15.8 Å². The maximum absolute atomic E-state index is 5.91. The smallest absolute Gasteiger partial charge is 0.0931 e. The van der Waals surface area contributed by atoms with Gasteiger partial charge in [-0.1, -0.05) is 11.6 Å². The first kappa shape index (κ1) is 13.3. The second kappa shape index (κ2) is 6.16. The van der Waals surface area contributed by atoms with E-state index >= 15 is 0 Å². The highest BCUT2D eigenvalue weighted by atomic mass is 35.5. The Labute approximate surface area is 111 Å². The van der Waals surface area contributed by atoms with Gasteiger partial charge in [-0.15, -0.1) is 11.3 Å². The maximum atomic E-state index is 5.91. The van der Waals surface area contributed by atoms with Gasteiger partial charge in [0.25, 0.3) is 0 Å². The predicted octanol–water partition coefficient (Wildman–Crippen LogP) is 2.25. The maximum Gasteiger partial charge on any atom is 0.0931 e. The SMILES string of the molecule is NCC1(CNCc2ccc(Cl)s2)CCOCC1. The Morgan fingerprint density at radius 2 is 2.18 bits per heavy atom. The average Bonchev–Trinajstić information content (AvgIpc) is 2.76. The van der Waals surface area contributed by atoms with E-state index in [4.69, 9.17) is 22.1 Å². The van der Waals surface area contributed by atoms with Crippen LogP contribution in [0.25, 0.3) is 0 Å². The summed E-state index contributed by atoms with van der Waals surface area (Å²) < 4.78 is 6.24. The molecule has 0 spiro atoms. The normalized spacial score (nSPS) is 19.4. The molecule has 0 aromatic carbocycles. The summed E-state index contributed by atoms with van der Waals surface area (Å²) in [5.41, 5.74) is 6.13. The lowest BCUT2D eigenvalue weighted by Gasteiger charge is -2.36. The minimum atomic E-state index is 0.222. The van der Waals surface area contributed by atoms with Crippen LogP contribution in [0.5, 0.6) is 0 Å². The molecule has 0 radical (unpaired) electrons. The second-order valence-electron chi connectivity index (χ2n) is 4.63. The summed E-state index contributed by atoms with van der Waals surface area (Å²) in [6.45, 7) is 4.24. The van der Waals surface area contributed by atoms with Gasteiger partial charge in [-0.25, -0.2) is 0 Å². The molecule has 1 saturated heterocycles. The van der Waals surface area contributed by atoms with Crippen LogP contribution in [0.1, 0.15) is 17.7 Å². The molecular formula is C12H19ClN2OS. The van der Waals surface area contributed by atoms with Crippen LogP contribution in [0.3, 0.4) is 0 Å². The first-order chi connectivity index (χ1) is 8.24. The Balaban J connectivity index is 1.79. The van der Waals surface area contributed by atoms with Crippen molar-refractivity contribution in [1.82, 2.24) is 5.32 Å². The van der Waals surface area contributed by atoms with E-state index in [1.165, 1.54) is 4.88 Å². The quantitative estimate of drug-likeness (QED) is 0.866. The summed E-state index contributed by atoms with van der Waals surface area (Å²) in [7, 11) is 0. The van der Waals surface area contributed by atoms with Gasteiger partial charge in [-0.3, -0.25) is 0 Å².